The standard InChI is InChI=1S/C15H27NO3/c1-14(2,3)11(13(18)19)16-12(17)10-8-6-7-9-15(10,4)5/h10-11H,6-9H2,1-5H3,(H,16,17)(H,18,19). The summed E-state index contributed by atoms with van der Waals surface area (Å²) in [6, 6.07) is -0.835. The number of carbonyl (C=O) groups excluding carboxylic acids is 1. The molecule has 0 saturated heterocycles. The molecule has 0 heterocycles. The van der Waals surface area contributed by atoms with E-state index >= 15 is 0 Å². The van der Waals surface area contributed by atoms with Crippen LogP contribution in [0.2, 0.25) is 0 Å². The van der Waals surface area contributed by atoms with Crippen molar-refractivity contribution in [1.82, 2.24) is 5.32 Å². The largest absolute Gasteiger partial charge is 0.480 e. The van der Waals surface area contributed by atoms with E-state index in [0.29, 0.717) is 0 Å². The van der Waals surface area contributed by atoms with Gasteiger partial charge in [-0.25, -0.2) is 4.79 Å². The zero-order valence-corrected chi connectivity index (χ0v) is 12.7. The lowest BCUT2D eigenvalue weighted by molar-refractivity contribution is -0.146. The fourth-order valence-corrected chi connectivity index (χ4v) is 2.87. The summed E-state index contributed by atoms with van der Waals surface area (Å²) in [5.74, 6) is -1.15. The van der Waals surface area contributed by atoms with Gasteiger partial charge in [0.05, 0.1) is 0 Å². The molecule has 0 aromatic rings. The van der Waals surface area contributed by atoms with E-state index in [4.69, 9.17) is 0 Å². The van der Waals surface area contributed by atoms with Gasteiger partial charge < -0.3 is 10.4 Å². The van der Waals surface area contributed by atoms with Crippen molar-refractivity contribution in [1.29, 1.82) is 0 Å². The zero-order chi connectivity index (χ0) is 14.8. The van der Waals surface area contributed by atoms with E-state index in [9.17, 15) is 14.7 Å². The lowest BCUT2D eigenvalue weighted by Crippen LogP contribution is -2.53. The van der Waals surface area contributed by atoms with Crippen molar-refractivity contribution >= 4 is 11.9 Å². The van der Waals surface area contributed by atoms with E-state index in [2.05, 4.69) is 19.2 Å². The molecule has 19 heavy (non-hydrogen) atoms. The van der Waals surface area contributed by atoms with Gasteiger partial charge in [0.15, 0.2) is 0 Å². The van der Waals surface area contributed by atoms with Gasteiger partial charge in [-0.15, -0.1) is 0 Å². The minimum absolute atomic E-state index is 0.0384. The lowest BCUT2D eigenvalue weighted by Gasteiger charge is -2.39. The highest BCUT2D eigenvalue weighted by Gasteiger charge is 2.40. The van der Waals surface area contributed by atoms with Crippen LogP contribution in [0.15, 0.2) is 0 Å². The quantitative estimate of drug-likeness (QED) is 0.828. The minimum Gasteiger partial charge on any atom is -0.480 e. The summed E-state index contributed by atoms with van der Waals surface area (Å²) in [4.78, 5) is 23.7. The van der Waals surface area contributed by atoms with Gasteiger partial charge in [-0.2, -0.15) is 0 Å². The molecule has 110 valence electrons. The van der Waals surface area contributed by atoms with E-state index in [1.807, 2.05) is 20.8 Å². The number of carboxylic acid groups (broad SMARTS) is 1. The van der Waals surface area contributed by atoms with Gasteiger partial charge in [-0.05, 0) is 23.7 Å². The first-order valence-electron chi connectivity index (χ1n) is 7.09. The maximum absolute atomic E-state index is 12.4. The van der Waals surface area contributed by atoms with Gasteiger partial charge in [-0.1, -0.05) is 47.5 Å². The highest BCUT2D eigenvalue weighted by molar-refractivity contribution is 5.86. The van der Waals surface area contributed by atoms with E-state index in [1.54, 1.807) is 0 Å². The van der Waals surface area contributed by atoms with Crippen LogP contribution in [0.5, 0.6) is 0 Å². The monoisotopic (exact) mass is 269 g/mol. The third kappa shape index (κ3) is 3.95. The molecule has 4 heteroatoms. The van der Waals surface area contributed by atoms with Crippen LogP contribution in [0.1, 0.15) is 60.3 Å². The summed E-state index contributed by atoms with van der Waals surface area (Å²) in [6.45, 7) is 9.70. The molecule has 2 atom stereocenters. The van der Waals surface area contributed by atoms with Gasteiger partial charge in [0.25, 0.3) is 0 Å². The Labute approximate surface area is 116 Å². The van der Waals surface area contributed by atoms with Crippen molar-refractivity contribution in [2.24, 2.45) is 16.7 Å². The van der Waals surface area contributed by atoms with Crippen LogP contribution in [-0.4, -0.2) is 23.0 Å². The molecule has 0 aliphatic heterocycles. The normalized spacial score (nSPS) is 24.6. The van der Waals surface area contributed by atoms with Crippen LogP contribution in [0.3, 0.4) is 0 Å². The summed E-state index contributed by atoms with van der Waals surface area (Å²) >= 11 is 0. The van der Waals surface area contributed by atoms with Gasteiger partial charge >= 0.3 is 5.97 Å². The first-order chi connectivity index (χ1) is 8.55. The van der Waals surface area contributed by atoms with Crippen LogP contribution in [0.25, 0.3) is 0 Å². The molecule has 4 nitrogen and oxygen atoms in total. The van der Waals surface area contributed by atoms with Gasteiger partial charge in [0.1, 0.15) is 6.04 Å². The summed E-state index contributed by atoms with van der Waals surface area (Å²) in [6.07, 6.45) is 4.08. The Hall–Kier alpha value is -1.06. The fourth-order valence-electron chi connectivity index (χ4n) is 2.87. The average molecular weight is 269 g/mol. The molecule has 1 aliphatic carbocycles. The average Bonchev–Trinajstić information content (AvgIpc) is 2.22. The first kappa shape index (κ1) is 16.0. The Morgan fingerprint density at radius 1 is 1.26 bits per heavy atom. The number of aliphatic carboxylic acids is 1. The number of hydrogen-bond donors (Lipinski definition) is 2. The van der Waals surface area contributed by atoms with E-state index in [1.165, 1.54) is 0 Å². The summed E-state index contributed by atoms with van der Waals surface area (Å²) in [5, 5.41) is 12.0. The second kappa shape index (κ2) is 5.51. The Kier molecular flexibility index (Phi) is 4.64. The van der Waals surface area contributed by atoms with E-state index in [0.717, 1.165) is 25.7 Å². The predicted octanol–water partition coefficient (Wildman–Crippen LogP) is 2.82. The molecule has 2 N–H and O–H groups in total. The van der Waals surface area contributed by atoms with Crippen molar-refractivity contribution in [2.45, 2.75) is 66.3 Å². The van der Waals surface area contributed by atoms with Crippen LogP contribution >= 0.6 is 0 Å². The number of hydrogen-bond acceptors (Lipinski definition) is 2. The molecule has 0 radical (unpaired) electrons. The molecule has 1 fully saturated rings. The van der Waals surface area contributed by atoms with Crippen molar-refractivity contribution in [3.63, 3.8) is 0 Å². The number of carboxylic acids is 1. The zero-order valence-electron chi connectivity index (χ0n) is 12.7. The van der Waals surface area contributed by atoms with Gasteiger partial charge in [0.2, 0.25) is 5.91 Å². The third-order valence-corrected chi connectivity index (χ3v) is 4.22. The Morgan fingerprint density at radius 2 is 1.84 bits per heavy atom. The summed E-state index contributed by atoms with van der Waals surface area (Å²) in [7, 11) is 0. The topological polar surface area (TPSA) is 66.4 Å². The second-order valence-electron chi connectivity index (χ2n) is 7.43. The van der Waals surface area contributed by atoms with Crippen molar-refractivity contribution in [2.75, 3.05) is 0 Å². The smallest absolute Gasteiger partial charge is 0.326 e. The van der Waals surface area contributed by atoms with Crippen molar-refractivity contribution in [3.8, 4) is 0 Å². The molecular formula is C15H27NO3. The number of carbonyl (C=O) groups is 2. The van der Waals surface area contributed by atoms with Crippen LogP contribution < -0.4 is 5.32 Å². The number of rotatable bonds is 3. The Morgan fingerprint density at radius 3 is 2.26 bits per heavy atom. The molecule has 0 spiro atoms. The highest BCUT2D eigenvalue weighted by atomic mass is 16.4. The molecular weight excluding hydrogens is 242 g/mol. The first-order valence-corrected chi connectivity index (χ1v) is 7.09. The molecule has 0 aromatic heterocycles. The van der Waals surface area contributed by atoms with E-state index < -0.39 is 17.4 Å². The van der Waals surface area contributed by atoms with Crippen molar-refractivity contribution < 1.29 is 14.7 Å². The number of nitrogens with one attached hydrogen (secondary N) is 1. The van der Waals surface area contributed by atoms with Crippen LogP contribution in [0, 0.1) is 16.7 Å². The van der Waals surface area contributed by atoms with Gasteiger partial charge in [-0.3, -0.25) is 4.79 Å². The molecule has 2 unspecified atom stereocenters. The molecule has 1 rings (SSSR count). The van der Waals surface area contributed by atoms with E-state index in [-0.39, 0.29) is 17.2 Å². The Bertz CT molecular complexity index is 355. The lowest BCUT2D eigenvalue weighted by atomic mass is 9.68. The third-order valence-electron chi connectivity index (χ3n) is 4.22. The molecule has 1 amide bonds. The molecule has 1 aliphatic rings. The van der Waals surface area contributed by atoms with Crippen LogP contribution in [0.4, 0.5) is 0 Å². The molecule has 1 saturated carbocycles. The van der Waals surface area contributed by atoms with Crippen molar-refractivity contribution in [3.05, 3.63) is 0 Å². The molecule has 0 bridgehead atoms. The number of amides is 1. The Balaban J connectivity index is 2.80. The molecule has 0 aromatic carbocycles. The maximum atomic E-state index is 12.4. The second-order valence-corrected chi connectivity index (χ2v) is 7.43. The van der Waals surface area contributed by atoms with Crippen LogP contribution in [-0.2, 0) is 9.59 Å². The fraction of sp³-hybridized carbons (Fsp3) is 0.867. The minimum atomic E-state index is -0.963. The highest BCUT2D eigenvalue weighted by Crippen LogP contribution is 2.40. The SMILES string of the molecule is CC(C)(C)C(NC(=O)C1CCCCC1(C)C)C(=O)O. The van der Waals surface area contributed by atoms with Gasteiger partial charge in [0, 0.05) is 5.92 Å². The summed E-state index contributed by atoms with van der Waals surface area (Å²) in [5.41, 5.74) is -0.524. The summed E-state index contributed by atoms with van der Waals surface area (Å²) < 4.78 is 0. The maximum Gasteiger partial charge on any atom is 0.326 e. The predicted molar refractivity (Wildman–Crippen MR) is 74.8 cm³/mol.